The van der Waals surface area contributed by atoms with E-state index in [9.17, 15) is 4.79 Å². The normalized spacial score (nSPS) is 19.6. The first-order valence-corrected chi connectivity index (χ1v) is 7.18. The minimum absolute atomic E-state index is 0.0839. The van der Waals surface area contributed by atoms with E-state index in [0.29, 0.717) is 31.4 Å². The number of hydrogen-bond donors (Lipinski definition) is 0. The van der Waals surface area contributed by atoms with E-state index in [1.54, 1.807) is 12.0 Å². The smallest absolute Gasteiger partial charge is 0.410 e. The predicted octanol–water partition coefficient (Wildman–Crippen LogP) is 2.33. The highest BCUT2D eigenvalue weighted by Gasteiger charge is 2.30. The van der Waals surface area contributed by atoms with Crippen LogP contribution in [-0.4, -0.2) is 46.9 Å². The molecule has 7 heteroatoms. The van der Waals surface area contributed by atoms with Gasteiger partial charge in [-0.3, -0.25) is 0 Å². The molecular formula is C14H23N3O4. The van der Waals surface area contributed by atoms with Crippen LogP contribution in [0.3, 0.4) is 0 Å². The van der Waals surface area contributed by atoms with Crippen LogP contribution in [0.15, 0.2) is 4.52 Å². The van der Waals surface area contributed by atoms with Crippen molar-refractivity contribution >= 4 is 6.09 Å². The lowest BCUT2D eigenvalue weighted by atomic mass is 9.98. The number of rotatable bonds is 3. The Balaban J connectivity index is 1.98. The second-order valence-electron chi connectivity index (χ2n) is 6.24. The fourth-order valence-electron chi connectivity index (χ4n) is 2.30. The van der Waals surface area contributed by atoms with Crippen molar-refractivity contribution in [3.63, 3.8) is 0 Å². The van der Waals surface area contributed by atoms with Gasteiger partial charge in [-0.1, -0.05) is 5.16 Å². The van der Waals surface area contributed by atoms with Crippen molar-refractivity contribution in [2.24, 2.45) is 0 Å². The predicted molar refractivity (Wildman–Crippen MR) is 74.8 cm³/mol. The molecule has 0 unspecified atom stereocenters. The van der Waals surface area contributed by atoms with Crippen LogP contribution in [0.5, 0.6) is 0 Å². The molecule has 1 aromatic heterocycles. The quantitative estimate of drug-likeness (QED) is 0.852. The second kappa shape index (κ2) is 6.43. The highest BCUT2D eigenvalue weighted by Crippen LogP contribution is 2.26. The summed E-state index contributed by atoms with van der Waals surface area (Å²) >= 11 is 0. The molecule has 0 bridgehead atoms. The van der Waals surface area contributed by atoms with Gasteiger partial charge in [0.15, 0.2) is 5.82 Å². The molecule has 0 radical (unpaired) electrons. The van der Waals surface area contributed by atoms with Gasteiger partial charge in [-0.25, -0.2) is 4.79 Å². The molecule has 21 heavy (non-hydrogen) atoms. The van der Waals surface area contributed by atoms with Crippen LogP contribution in [0.4, 0.5) is 4.79 Å². The van der Waals surface area contributed by atoms with Gasteiger partial charge in [-0.15, -0.1) is 0 Å². The Labute approximate surface area is 124 Å². The number of hydrogen-bond acceptors (Lipinski definition) is 6. The van der Waals surface area contributed by atoms with E-state index in [1.165, 1.54) is 0 Å². The summed E-state index contributed by atoms with van der Waals surface area (Å²) in [6.45, 7) is 7.15. The Hall–Kier alpha value is -1.63. The van der Waals surface area contributed by atoms with E-state index in [4.69, 9.17) is 14.0 Å². The molecule has 0 saturated carbocycles. The maximum atomic E-state index is 12.1. The summed E-state index contributed by atoms with van der Waals surface area (Å²) in [4.78, 5) is 18.1. The molecule has 1 atom stereocenters. The maximum absolute atomic E-state index is 12.1. The Bertz CT molecular complexity index is 481. The molecule has 118 valence electrons. The zero-order valence-electron chi connectivity index (χ0n) is 13.1. The van der Waals surface area contributed by atoms with E-state index < -0.39 is 5.60 Å². The first kappa shape index (κ1) is 15.8. The van der Waals surface area contributed by atoms with Crippen LogP contribution < -0.4 is 0 Å². The molecule has 2 rings (SSSR count). The molecule has 1 saturated heterocycles. The minimum atomic E-state index is -0.484. The zero-order valence-corrected chi connectivity index (χ0v) is 13.1. The van der Waals surface area contributed by atoms with Gasteiger partial charge in [0.25, 0.3) is 5.89 Å². The molecule has 0 aromatic carbocycles. The zero-order chi connectivity index (χ0) is 15.5. The molecule has 1 aromatic rings. The number of carbonyl (C=O) groups is 1. The lowest BCUT2D eigenvalue weighted by molar-refractivity contribution is 0.0195. The molecule has 7 nitrogen and oxygen atoms in total. The highest BCUT2D eigenvalue weighted by molar-refractivity contribution is 5.68. The average Bonchev–Trinajstić information content (AvgIpc) is 2.86. The van der Waals surface area contributed by atoms with Gasteiger partial charge in [-0.05, 0) is 33.6 Å². The number of aromatic nitrogens is 2. The molecule has 0 spiro atoms. The van der Waals surface area contributed by atoms with E-state index in [2.05, 4.69) is 10.1 Å². The number of likely N-dealkylation sites (tertiary alicyclic amines) is 1. The van der Waals surface area contributed by atoms with E-state index >= 15 is 0 Å². The van der Waals surface area contributed by atoms with E-state index in [0.717, 1.165) is 12.8 Å². The maximum Gasteiger partial charge on any atom is 0.410 e. The average molecular weight is 297 g/mol. The molecular weight excluding hydrogens is 274 g/mol. The van der Waals surface area contributed by atoms with Crippen LogP contribution in [0.2, 0.25) is 0 Å². The van der Waals surface area contributed by atoms with Crippen LogP contribution in [-0.2, 0) is 16.1 Å². The summed E-state index contributed by atoms with van der Waals surface area (Å²) in [6.07, 6.45) is 1.55. The van der Waals surface area contributed by atoms with E-state index in [-0.39, 0.29) is 12.0 Å². The van der Waals surface area contributed by atoms with Crippen LogP contribution in [0, 0.1) is 0 Å². The lowest BCUT2D eigenvalue weighted by Gasteiger charge is -2.32. The van der Waals surface area contributed by atoms with Gasteiger partial charge in [0, 0.05) is 26.1 Å². The third kappa shape index (κ3) is 4.42. The van der Waals surface area contributed by atoms with Crippen molar-refractivity contribution in [3.05, 3.63) is 11.7 Å². The number of nitrogens with zero attached hydrogens (tertiary/aromatic N) is 3. The van der Waals surface area contributed by atoms with Crippen LogP contribution in [0.25, 0.3) is 0 Å². The second-order valence-corrected chi connectivity index (χ2v) is 6.24. The van der Waals surface area contributed by atoms with Gasteiger partial charge in [0.1, 0.15) is 12.2 Å². The van der Waals surface area contributed by atoms with Crippen LogP contribution >= 0.6 is 0 Å². The Morgan fingerprint density at radius 1 is 1.48 bits per heavy atom. The number of piperidine rings is 1. The summed E-state index contributed by atoms with van der Waals surface area (Å²) < 4.78 is 15.5. The minimum Gasteiger partial charge on any atom is -0.444 e. The highest BCUT2D eigenvalue weighted by atomic mass is 16.6. The van der Waals surface area contributed by atoms with Crippen molar-refractivity contribution < 1.29 is 18.8 Å². The van der Waals surface area contributed by atoms with Gasteiger partial charge < -0.3 is 18.9 Å². The topological polar surface area (TPSA) is 77.7 Å². The molecule has 1 aliphatic heterocycles. The fraction of sp³-hybridized carbons (Fsp3) is 0.786. The molecule has 0 N–H and O–H groups in total. The van der Waals surface area contributed by atoms with Gasteiger partial charge in [0.2, 0.25) is 0 Å². The number of methoxy groups -OCH3 is 1. The van der Waals surface area contributed by atoms with Crippen molar-refractivity contribution in [2.75, 3.05) is 20.2 Å². The standard InChI is InChI=1S/C14H23N3O4/c1-14(2,3)20-13(18)17-7-5-6-10(8-17)12-15-11(9-19-4)21-16-12/h10H,5-9H2,1-4H3/t10-/m0/s1. The summed E-state index contributed by atoms with van der Waals surface area (Å²) in [5, 5.41) is 3.98. The van der Waals surface area contributed by atoms with Gasteiger partial charge in [-0.2, -0.15) is 4.98 Å². The number of amides is 1. The van der Waals surface area contributed by atoms with Gasteiger partial charge in [0.05, 0.1) is 0 Å². The molecule has 1 amide bonds. The third-order valence-electron chi connectivity index (χ3n) is 3.19. The Kier molecular flexibility index (Phi) is 4.82. The van der Waals surface area contributed by atoms with Crippen molar-refractivity contribution in [2.45, 2.75) is 51.7 Å². The Morgan fingerprint density at radius 2 is 2.24 bits per heavy atom. The summed E-state index contributed by atoms with van der Waals surface area (Å²) in [7, 11) is 1.58. The molecule has 0 aliphatic carbocycles. The number of carbonyl (C=O) groups excluding carboxylic acids is 1. The first-order valence-electron chi connectivity index (χ1n) is 7.18. The van der Waals surface area contributed by atoms with E-state index in [1.807, 2.05) is 20.8 Å². The molecule has 1 fully saturated rings. The molecule has 1 aliphatic rings. The van der Waals surface area contributed by atoms with Crippen molar-refractivity contribution in [1.29, 1.82) is 0 Å². The SMILES string of the molecule is COCc1nc([C@H]2CCCN(C(=O)OC(C)(C)C)C2)no1. The largest absolute Gasteiger partial charge is 0.444 e. The first-order chi connectivity index (χ1) is 9.89. The number of ether oxygens (including phenoxy) is 2. The molecule has 2 heterocycles. The van der Waals surface area contributed by atoms with Crippen molar-refractivity contribution in [3.8, 4) is 0 Å². The monoisotopic (exact) mass is 297 g/mol. The summed E-state index contributed by atoms with van der Waals surface area (Å²) in [5.41, 5.74) is -0.484. The van der Waals surface area contributed by atoms with Crippen LogP contribution in [0.1, 0.15) is 51.2 Å². The summed E-state index contributed by atoms with van der Waals surface area (Å²) in [6, 6.07) is 0. The lowest BCUT2D eigenvalue weighted by Crippen LogP contribution is -2.42. The van der Waals surface area contributed by atoms with Gasteiger partial charge >= 0.3 is 6.09 Å². The van der Waals surface area contributed by atoms with Crippen molar-refractivity contribution in [1.82, 2.24) is 15.0 Å². The fourth-order valence-corrected chi connectivity index (χ4v) is 2.30. The third-order valence-corrected chi connectivity index (χ3v) is 3.19. The Morgan fingerprint density at radius 3 is 2.90 bits per heavy atom. The summed E-state index contributed by atoms with van der Waals surface area (Å²) in [5.74, 6) is 1.18.